The Bertz CT molecular complexity index is 786. The standard InChI is InChI=1S/C19H20N2O4SSe/c22-17(20-13-18(23)24)10-11-26-27-16-9-5-4-8-15(16)19(25)21-12-14-6-2-1-3-7-14/h1-9H,10-13H2,(H,20,22)(H,21,25)(H,23,24). The van der Waals surface area contributed by atoms with Crippen molar-refractivity contribution in [2.45, 2.75) is 13.0 Å². The van der Waals surface area contributed by atoms with Crippen LogP contribution in [0.3, 0.4) is 0 Å². The van der Waals surface area contributed by atoms with Crippen molar-refractivity contribution in [3.63, 3.8) is 0 Å². The first-order valence-corrected chi connectivity index (χ1v) is 12.1. The fourth-order valence-electron chi connectivity index (χ4n) is 2.10. The first-order valence-electron chi connectivity index (χ1n) is 8.25. The molecular formula is C19H20N2O4SSe. The van der Waals surface area contributed by atoms with E-state index < -0.39 is 5.97 Å². The summed E-state index contributed by atoms with van der Waals surface area (Å²) >= 11 is -0.0201. The van der Waals surface area contributed by atoms with Gasteiger partial charge in [-0.2, -0.15) is 0 Å². The van der Waals surface area contributed by atoms with Crippen molar-refractivity contribution in [1.82, 2.24) is 10.6 Å². The van der Waals surface area contributed by atoms with Gasteiger partial charge in [-0.1, -0.05) is 0 Å². The van der Waals surface area contributed by atoms with Crippen molar-refractivity contribution in [3.05, 3.63) is 65.7 Å². The number of nitrogens with one attached hydrogen (secondary N) is 2. The minimum atomic E-state index is -1.06. The summed E-state index contributed by atoms with van der Waals surface area (Å²) in [5.74, 6) is -0.882. The van der Waals surface area contributed by atoms with Crippen LogP contribution < -0.4 is 15.1 Å². The Hall–Kier alpha value is -2.28. The van der Waals surface area contributed by atoms with Crippen LogP contribution >= 0.6 is 10.2 Å². The van der Waals surface area contributed by atoms with Crippen LogP contribution in [0.5, 0.6) is 0 Å². The topological polar surface area (TPSA) is 95.5 Å². The first-order chi connectivity index (χ1) is 13.1. The van der Waals surface area contributed by atoms with Crippen LogP contribution in [0, 0.1) is 0 Å². The van der Waals surface area contributed by atoms with Gasteiger partial charge in [0, 0.05) is 0 Å². The van der Waals surface area contributed by atoms with Gasteiger partial charge in [-0.25, -0.2) is 0 Å². The molecule has 3 N–H and O–H groups in total. The number of hydrogen-bond donors (Lipinski definition) is 3. The van der Waals surface area contributed by atoms with Crippen LogP contribution in [0.2, 0.25) is 0 Å². The predicted molar refractivity (Wildman–Crippen MR) is 107 cm³/mol. The molecule has 0 aromatic heterocycles. The van der Waals surface area contributed by atoms with Crippen molar-refractivity contribution in [2.24, 2.45) is 0 Å². The Labute approximate surface area is 167 Å². The van der Waals surface area contributed by atoms with Gasteiger partial charge in [0.15, 0.2) is 0 Å². The first kappa shape index (κ1) is 21.0. The van der Waals surface area contributed by atoms with Crippen LogP contribution in [-0.2, 0) is 16.1 Å². The maximum absolute atomic E-state index is 12.5. The Morgan fingerprint density at radius 1 is 0.963 bits per heavy atom. The van der Waals surface area contributed by atoms with E-state index in [0.29, 0.717) is 17.9 Å². The van der Waals surface area contributed by atoms with Crippen molar-refractivity contribution in [3.8, 4) is 0 Å². The SMILES string of the molecule is O=C(O)CNC(=O)CCS[Se]c1ccccc1C(=O)NCc1ccccc1. The van der Waals surface area contributed by atoms with Crippen LogP contribution in [0.25, 0.3) is 0 Å². The van der Waals surface area contributed by atoms with Crippen LogP contribution in [0.15, 0.2) is 54.6 Å². The Balaban J connectivity index is 1.81. The number of carbonyl (C=O) groups is 3. The Morgan fingerprint density at radius 3 is 2.41 bits per heavy atom. The van der Waals surface area contributed by atoms with E-state index in [2.05, 4.69) is 10.6 Å². The number of carboxylic acids is 1. The van der Waals surface area contributed by atoms with Crippen LogP contribution in [0.1, 0.15) is 22.3 Å². The molecule has 6 nitrogen and oxygen atoms in total. The van der Waals surface area contributed by atoms with E-state index in [1.807, 2.05) is 48.5 Å². The number of rotatable bonds is 10. The molecule has 2 aromatic rings. The molecule has 2 rings (SSSR count). The average Bonchev–Trinajstić information content (AvgIpc) is 2.69. The summed E-state index contributed by atoms with van der Waals surface area (Å²) in [6.45, 7) is 0.108. The van der Waals surface area contributed by atoms with Gasteiger partial charge in [-0.15, -0.1) is 0 Å². The monoisotopic (exact) mass is 452 g/mol. The molecule has 0 saturated carbocycles. The second-order valence-corrected chi connectivity index (χ2v) is 9.76. The third-order valence-corrected chi connectivity index (χ3v) is 7.76. The molecule has 0 atom stereocenters. The van der Waals surface area contributed by atoms with Crippen molar-refractivity contribution >= 4 is 46.3 Å². The van der Waals surface area contributed by atoms with E-state index in [1.165, 1.54) is 0 Å². The molecule has 27 heavy (non-hydrogen) atoms. The van der Waals surface area contributed by atoms with Gasteiger partial charge in [-0.05, 0) is 0 Å². The number of benzene rings is 2. The Morgan fingerprint density at radius 2 is 1.67 bits per heavy atom. The fraction of sp³-hybridized carbons (Fsp3) is 0.211. The second-order valence-electron chi connectivity index (χ2n) is 5.49. The van der Waals surface area contributed by atoms with Gasteiger partial charge >= 0.3 is 167 Å². The number of carboxylic acid groups (broad SMARTS) is 1. The van der Waals surface area contributed by atoms with E-state index >= 15 is 0 Å². The molecular weight excluding hydrogens is 431 g/mol. The zero-order chi connectivity index (χ0) is 19.5. The van der Waals surface area contributed by atoms with Gasteiger partial charge in [-0.3, -0.25) is 0 Å². The van der Waals surface area contributed by atoms with Gasteiger partial charge in [0.1, 0.15) is 0 Å². The molecule has 2 amide bonds. The van der Waals surface area contributed by atoms with E-state index in [0.717, 1.165) is 10.0 Å². The number of aliphatic carboxylic acids is 1. The average molecular weight is 451 g/mol. The summed E-state index contributed by atoms with van der Waals surface area (Å²) in [6, 6.07) is 17.2. The molecule has 0 fully saturated rings. The molecule has 0 heterocycles. The molecule has 0 aliphatic rings. The van der Waals surface area contributed by atoms with Gasteiger partial charge in [0.25, 0.3) is 0 Å². The van der Waals surface area contributed by atoms with Crippen LogP contribution in [0.4, 0.5) is 0 Å². The molecule has 0 radical (unpaired) electrons. The van der Waals surface area contributed by atoms with E-state index in [1.54, 1.807) is 16.2 Å². The van der Waals surface area contributed by atoms with Gasteiger partial charge in [0.2, 0.25) is 0 Å². The number of amides is 2. The summed E-state index contributed by atoms with van der Waals surface area (Å²) in [4.78, 5) is 34.4. The quantitative estimate of drug-likeness (QED) is 0.373. The van der Waals surface area contributed by atoms with E-state index in [-0.39, 0.29) is 38.6 Å². The molecule has 0 spiro atoms. The normalized spacial score (nSPS) is 10.2. The molecule has 0 aliphatic heterocycles. The molecule has 8 heteroatoms. The number of hydrogen-bond acceptors (Lipinski definition) is 4. The molecule has 0 bridgehead atoms. The summed E-state index contributed by atoms with van der Waals surface area (Å²) in [5.41, 5.74) is 1.69. The predicted octanol–water partition coefficient (Wildman–Crippen LogP) is 1.19. The van der Waals surface area contributed by atoms with E-state index in [4.69, 9.17) is 5.11 Å². The van der Waals surface area contributed by atoms with Crippen molar-refractivity contribution in [1.29, 1.82) is 0 Å². The summed E-state index contributed by atoms with van der Waals surface area (Å²) < 4.78 is 0.964. The maximum atomic E-state index is 12.5. The molecule has 0 saturated heterocycles. The fourth-order valence-corrected chi connectivity index (χ4v) is 5.99. The minimum absolute atomic E-state index is 0.0201. The Kier molecular flexibility index (Phi) is 8.91. The summed E-state index contributed by atoms with van der Waals surface area (Å²) in [6.07, 6.45) is 0.252. The summed E-state index contributed by atoms with van der Waals surface area (Å²) in [7, 11) is 1.59. The van der Waals surface area contributed by atoms with E-state index in [9.17, 15) is 14.4 Å². The third-order valence-electron chi connectivity index (χ3n) is 3.43. The van der Waals surface area contributed by atoms with Crippen molar-refractivity contribution in [2.75, 3.05) is 12.3 Å². The van der Waals surface area contributed by atoms with Crippen molar-refractivity contribution < 1.29 is 19.5 Å². The van der Waals surface area contributed by atoms with Gasteiger partial charge in [0.05, 0.1) is 0 Å². The molecule has 142 valence electrons. The third kappa shape index (κ3) is 7.86. The molecule has 0 unspecified atom stereocenters. The molecule has 0 aliphatic carbocycles. The second kappa shape index (κ2) is 11.4. The van der Waals surface area contributed by atoms with Crippen LogP contribution in [-0.4, -0.2) is 49.0 Å². The van der Waals surface area contributed by atoms with Gasteiger partial charge < -0.3 is 0 Å². The number of carbonyl (C=O) groups excluding carboxylic acids is 2. The zero-order valence-corrected chi connectivity index (χ0v) is 17.0. The molecule has 2 aromatic carbocycles. The summed E-state index contributed by atoms with van der Waals surface area (Å²) in [5, 5.41) is 13.8. The zero-order valence-electron chi connectivity index (χ0n) is 14.5.